The molecule has 1 aliphatic heterocycles. The van der Waals surface area contributed by atoms with Gasteiger partial charge in [-0.05, 0) is 24.3 Å². The Balaban J connectivity index is 2.15. The van der Waals surface area contributed by atoms with E-state index in [9.17, 15) is 4.79 Å². The van der Waals surface area contributed by atoms with Gasteiger partial charge in [-0.1, -0.05) is 30.3 Å². The van der Waals surface area contributed by atoms with Crippen LogP contribution < -0.4 is 16.0 Å². The summed E-state index contributed by atoms with van der Waals surface area (Å²) in [6.45, 7) is 0.356. The van der Waals surface area contributed by atoms with E-state index < -0.39 is 0 Å². The number of carbonyl (C=O) groups excluding carboxylic acids is 1. The van der Waals surface area contributed by atoms with E-state index in [-0.39, 0.29) is 12.1 Å². The Morgan fingerprint density at radius 1 is 1.05 bits per heavy atom. The zero-order valence-electron chi connectivity index (χ0n) is 10.4. The molecule has 1 heterocycles. The highest BCUT2D eigenvalue weighted by atomic mass is 16.2. The second-order valence-electron chi connectivity index (χ2n) is 4.45. The van der Waals surface area contributed by atoms with E-state index in [4.69, 9.17) is 5.73 Å². The van der Waals surface area contributed by atoms with Crippen molar-refractivity contribution >= 4 is 17.3 Å². The van der Waals surface area contributed by atoms with Crippen LogP contribution in [-0.2, 0) is 0 Å². The summed E-state index contributed by atoms with van der Waals surface area (Å²) in [6, 6.07) is 17.5. The van der Waals surface area contributed by atoms with Crippen molar-refractivity contribution in [1.29, 1.82) is 0 Å². The van der Waals surface area contributed by atoms with Gasteiger partial charge < -0.3 is 16.0 Å². The molecule has 0 saturated heterocycles. The van der Waals surface area contributed by atoms with Crippen LogP contribution in [0.25, 0.3) is 0 Å². The molecule has 0 aliphatic carbocycles. The summed E-state index contributed by atoms with van der Waals surface area (Å²) in [5.74, 6) is -0.0711. The molecular formula is C15H15N3O. The Kier molecular flexibility index (Phi) is 2.93. The van der Waals surface area contributed by atoms with Gasteiger partial charge >= 0.3 is 0 Å². The maximum absolute atomic E-state index is 12.0. The summed E-state index contributed by atoms with van der Waals surface area (Å²) in [5, 5.41) is 2.93. The summed E-state index contributed by atoms with van der Waals surface area (Å²) in [7, 11) is 0. The van der Waals surface area contributed by atoms with E-state index in [1.165, 1.54) is 0 Å². The fourth-order valence-electron chi connectivity index (χ4n) is 2.41. The first-order valence-electron chi connectivity index (χ1n) is 6.25. The van der Waals surface area contributed by atoms with Gasteiger partial charge in [0.15, 0.2) is 0 Å². The number of para-hydroxylation sites is 2. The second-order valence-corrected chi connectivity index (χ2v) is 4.45. The largest absolute Gasteiger partial charge is 0.330 e. The summed E-state index contributed by atoms with van der Waals surface area (Å²) in [5.41, 5.74) is 8.39. The molecule has 96 valence electrons. The van der Waals surface area contributed by atoms with Crippen molar-refractivity contribution in [2.45, 2.75) is 6.17 Å². The minimum atomic E-state index is -0.218. The number of fused-ring (bicyclic) bond motifs is 1. The first-order valence-corrected chi connectivity index (χ1v) is 6.25. The number of carbonyl (C=O) groups is 1. The van der Waals surface area contributed by atoms with Crippen LogP contribution in [0.4, 0.5) is 11.4 Å². The summed E-state index contributed by atoms with van der Waals surface area (Å²) in [6.07, 6.45) is -0.218. The molecular weight excluding hydrogens is 238 g/mol. The zero-order chi connectivity index (χ0) is 13.2. The molecule has 0 fully saturated rings. The molecule has 0 radical (unpaired) electrons. The summed E-state index contributed by atoms with van der Waals surface area (Å²) < 4.78 is 0. The van der Waals surface area contributed by atoms with Gasteiger partial charge in [0.1, 0.15) is 6.17 Å². The minimum Gasteiger partial charge on any atom is -0.330 e. The fourth-order valence-corrected chi connectivity index (χ4v) is 2.41. The first kappa shape index (κ1) is 11.7. The van der Waals surface area contributed by atoms with Crippen LogP contribution >= 0.6 is 0 Å². The lowest BCUT2D eigenvalue weighted by Gasteiger charge is -2.38. The van der Waals surface area contributed by atoms with Crippen molar-refractivity contribution in [3.63, 3.8) is 0 Å². The summed E-state index contributed by atoms with van der Waals surface area (Å²) in [4.78, 5) is 14.1. The van der Waals surface area contributed by atoms with Gasteiger partial charge in [0.25, 0.3) is 5.91 Å². The third-order valence-corrected chi connectivity index (χ3v) is 3.28. The van der Waals surface area contributed by atoms with Crippen LogP contribution in [0.15, 0.2) is 54.6 Å². The maximum Gasteiger partial charge on any atom is 0.255 e. The molecule has 0 aromatic heterocycles. The summed E-state index contributed by atoms with van der Waals surface area (Å²) >= 11 is 0. The van der Waals surface area contributed by atoms with E-state index >= 15 is 0 Å². The molecule has 19 heavy (non-hydrogen) atoms. The van der Waals surface area contributed by atoms with Crippen LogP contribution in [0.5, 0.6) is 0 Å². The van der Waals surface area contributed by atoms with Crippen LogP contribution in [-0.4, -0.2) is 18.6 Å². The normalized spacial score (nSPS) is 17.8. The highest BCUT2D eigenvalue weighted by molar-refractivity contribution is 6.03. The number of amides is 1. The average Bonchev–Trinajstić information content (AvgIpc) is 2.48. The lowest BCUT2D eigenvalue weighted by Crippen LogP contribution is -2.54. The fraction of sp³-hybridized carbons (Fsp3) is 0.133. The Morgan fingerprint density at radius 2 is 1.74 bits per heavy atom. The molecule has 3 rings (SSSR count). The van der Waals surface area contributed by atoms with Crippen LogP contribution in [0.2, 0.25) is 0 Å². The Labute approximate surface area is 111 Å². The number of rotatable bonds is 2. The Hall–Kier alpha value is -2.33. The van der Waals surface area contributed by atoms with Gasteiger partial charge in [0.2, 0.25) is 0 Å². The quantitative estimate of drug-likeness (QED) is 0.858. The van der Waals surface area contributed by atoms with E-state index in [0.29, 0.717) is 12.1 Å². The molecule has 1 amide bonds. The monoisotopic (exact) mass is 253 g/mol. The number of nitrogens with two attached hydrogens (primary N) is 1. The van der Waals surface area contributed by atoms with Gasteiger partial charge in [0.05, 0.1) is 11.3 Å². The van der Waals surface area contributed by atoms with Crippen molar-refractivity contribution in [3.8, 4) is 0 Å². The van der Waals surface area contributed by atoms with Crippen molar-refractivity contribution in [3.05, 3.63) is 60.2 Å². The third kappa shape index (κ3) is 1.96. The first-order chi connectivity index (χ1) is 9.31. The predicted octanol–water partition coefficient (Wildman–Crippen LogP) is 1.85. The predicted molar refractivity (Wildman–Crippen MR) is 75.3 cm³/mol. The molecule has 0 saturated carbocycles. The molecule has 4 nitrogen and oxygen atoms in total. The van der Waals surface area contributed by atoms with Crippen LogP contribution in [0.1, 0.15) is 10.4 Å². The zero-order valence-corrected chi connectivity index (χ0v) is 10.4. The van der Waals surface area contributed by atoms with Crippen molar-refractivity contribution in [2.75, 3.05) is 11.4 Å². The lowest BCUT2D eigenvalue weighted by atomic mass is 10.1. The standard InChI is InChI=1S/C15H15N3O/c16-10-14-17-15(19)12-8-4-5-9-13(12)18(14)11-6-2-1-3-7-11/h1-9,14H,10,16H2,(H,17,19). The Bertz CT molecular complexity index is 597. The highest BCUT2D eigenvalue weighted by Gasteiger charge is 2.30. The number of nitrogens with one attached hydrogen (secondary N) is 1. The van der Waals surface area contributed by atoms with E-state index in [1.807, 2.05) is 54.6 Å². The highest BCUT2D eigenvalue weighted by Crippen LogP contribution is 2.32. The minimum absolute atomic E-state index is 0.0711. The second kappa shape index (κ2) is 4.74. The molecule has 1 atom stereocenters. The number of hydrogen-bond donors (Lipinski definition) is 2. The van der Waals surface area contributed by atoms with Crippen LogP contribution in [0, 0.1) is 0 Å². The van der Waals surface area contributed by atoms with E-state index in [1.54, 1.807) is 0 Å². The molecule has 4 heteroatoms. The molecule has 2 aromatic carbocycles. The molecule has 1 unspecified atom stereocenters. The molecule has 3 N–H and O–H groups in total. The number of anilines is 2. The van der Waals surface area contributed by atoms with Crippen molar-refractivity contribution in [2.24, 2.45) is 5.73 Å². The van der Waals surface area contributed by atoms with Gasteiger partial charge in [-0.2, -0.15) is 0 Å². The molecule has 0 spiro atoms. The van der Waals surface area contributed by atoms with Gasteiger partial charge in [-0.25, -0.2) is 0 Å². The third-order valence-electron chi connectivity index (χ3n) is 3.28. The average molecular weight is 253 g/mol. The Morgan fingerprint density at radius 3 is 2.47 bits per heavy atom. The topological polar surface area (TPSA) is 58.4 Å². The number of hydrogen-bond acceptors (Lipinski definition) is 3. The van der Waals surface area contributed by atoms with Crippen LogP contribution in [0.3, 0.4) is 0 Å². The maximum atomic E-state index is 12.0. The van der Waals surface area contributed by atoms with Gasteiger partial charge in [-0.15, -0.1) is 0 Å². The smallest absolute Gasteiger partial charge is 0.255 e. The number of nitrogens with zero attached hydrogens (tertiary/aromatic N) is 1. The molecule has 1 aliphatic rings. The SMILES string of the molecule is NCC1NC(=O)c2ccccc2N1c1ccccc1. The van der Waals surface area contributed by atoms with Crippen molar-refractivity contribution in [1.82, 2.24) is 5.32 Å². The van der Waals surface area contributed by atoms with Gasteiger partial charge in [-0.3, -0.25) is 4.79 Å². The molecule has 0 bridgehead atoms. The van der Waals surface area contributed by atoms with Crippen molar-refractivity contribution < 1.29 is 4.79 Å². The van der Waals surface area contributed by atoms with E-state index in [2.05, 4.69) is 10.2 Å². The lowest BCUT2D eigenvalue weighted by molar-refractivity contribution is 0.0931. The molecule has 2 aromatic rings. The van der Waals surface area contributed by atoms with E-state index in [0.717, 1.165) is 11.4 Å². The number of benzene rings is 2. The van der Waals surface area contributed by atoms with Gasteiger partial charge in [0, 0.05) is 12.2 Å².